The minimum absolute atomic E-state index is 0.00370. The number of ether oxygens (including phenoxy) is 1. The van der Waals surface area contributed by atoms with Crippen LogP contribution in [0.3, 0.4) is 0 Å². The second-order valence-corrected chi connectivity index (χ2v) is 11.2. The summed E-state index contributed by atoms with van der Waals surface area (Å²) in [5.74, 6) is -1.43. The van der Waals surface area contributed by atoms with Crippen LogP contribution in [-0.4, -0.2) is 30.7 Å². The largest absolute Gasteiger partial charge is 0.744 e. The van der Waals surface area contributed by atoms with Gasteiger partial charge in [0.05, 0.1) is 28.0 Å². The predicted octanol–water partition coefficient (Wildman–Crippen LogP) is 6.04. The zero-order valence-corrected chi connectivity index (χ0v) is 22.0. The molecule has 0 aromatic heterocycles. The van der Waals surface area contributed by atoms with Crippen molar-refractivity contribution in [1.29, 1.82) is 0 Å². The summed E-state index contributed by atoms with van der Waals surface area (Å²) in [5, 5.41) is 9.36. The van der Waals surface area contributed by atoms with Crippen LogP contribution in [-0.2, 0) is 25.7 Å². The molecule has 37 heavy (non-hydrogen) atoms. The molecular weight excluding hydrogens is 508 g/mol. The van der Waals surface area contributed by atoms with Gasteiger partial charge in [-0.2, -0.15) is 0 Å². The van der Waals surface area contributed by atoms with E-state index in [0.717, 1.165) is 24.6 Å². The molecule has 4 aromatic carbocycles. The SMILES string of the molecule is CCCCOC(=O)c1ccc(S(=O)(=O)[O-])c(O)c1.c1ccc([S+](c2ccccc2)c2ccccc2)cc1. The third-order valence-electron chi connectivity index (χ3n) is 5.13. The third kappa shape index (κ3) is 8.21. The Bertz CT molecular complexity index is 1280. The quantitative estimate of drug-likeness (QED) is 0.128. The van der Waals surface area contributed by atoms with E-state index < -0.39 is 26.7 Å². The van der Waals surface area contributed by atoms with E-state index in [-0.39, 0.29) is 23.1 Å². The summed E-state index contributed by atoms with van der Waals surface area (Å²) in [5.41, 5.74) is -0.00370. The Morgan fingerprint density at radius 2 is 1.27 bits per heavy atom. The van der Waals surface area contributed by atoms with Gasteiger partial charge in [-0.3, -0.25) is 0 Å². The van der Waals surface area contributed by atoms with Gasteiger partial charge in [-0.1, -0.05) is 67.9 Å². The van der Waals surface area contributed by atoms with Crippen molar-refractivity contribution in [3.8, 4) is 5.75 Å². The lowest BCUT2D eigenvalue weighted by Gasteiger charge is -2.10. The number of phenols is 1. The van der Waals surface area contributed by atoms with Crippen molar-refractivity contribution in [2.45, 2.75) is 39.3 Å². The molecule has 0 atom stereocenters. The fraction of sp³-hybridized carbons (Fsp3) is 0.138. The van der Waals surface area contributed by atoms with Crippen LogP contribution in [0.25, 0.3) is 0 Å². The van der Waals surface area contributed by atoms with Gasteiger partial charge < -0.3 is 14.4 Å². The first-order valence-corrected chi connectivity index (χ1v) is 14.3. The van der Waals surface area contributed by atoms with Crippen molar-refractivity contribution in [1.82, 2.24) is 0 Å². The number of hydrogen-bond acceptors (Lipinski definition) is 6. The van der Waals surface area contributed by atoms with Crippen LogP contribution in [0, 0.1) is 0 Å². The standard InChI is InChI=1S/C18H15S.C11H14O6S/c1-4-10-16(11-5-1)19(17-12-6-2-7-13-17)18-14-8-3-9-15-18;1-2-3-6-17-11(13)8-4-5-10(9(12)7-8)18(14,15)16/h1-15H;4-5,7,12H,2-3,6H2,1H3,(H,14,15,16)/q+1;/p-1. The van der Waals surface area contributed by atoms with Crippen LogP contribution in [0.5, 0.6) is 5.75 Å². The van der Waals surface area contributed by atoms with Gasteiger partial charge in [-0.05, 0) is 61.0 Å². The maximum atomic E-state index is 11.5. The number of carbonyl (C=O) groups excluding carboxylic acids is 1. The van der Waals surface area contributed by atoms with Gasteiger partial charge in [0.25, 0.3) is 0 Å². The Morgan fingerprint density at radius 3 is 1.65 bits per heavy atom. The second kappa shape index (κ2) is 13.6. The molecule has 1 N–H and O–H groups in total. The highest BCUT2D eigenvalue weighted by atomic mass is 32.2. The Labute approximate surface area is 220 Å². The molecule has 4 aromatic rings. The first kappa shape index (κ1) is 28.0. The van der Waals surface area contributed by atoms with Gasteiger partial charge in [0, 0.05) is 0 Å². The molecule has 8 heteroatoms. The van der Waals surface area contributed by atoms with Crippen LogP contribution < -0.4 is 0 Å². The zero-order valence-electron chi connectivity index (χ0n) is 20.3. The van der Waals surface area contributed by atoms with Crippen LogP contribution in [0.4, 0.5) is 0 Å². The molecular formula is C29H28O6S2. The lowest BCUT2D eigenvalue weighted by Crippen LogP contribution is -2.07. The molecule has 6 nitrogen and oxygen atoms in total. The summed E-state index contributed by atoms with van der Waals surface area (Å²) in [6.07, 6.45) is 1.58. The molecule has 0 fully saturated rings. The van der Waals surface area contributed by atoms with E-state index >= 15 is 0 Å². The normalized spacial score (nSPS) is 10.9. The van der Waals surface area contributed by atoms with Gasteiger partial charge in [0.2, 0.25) is 0 Å². The van der Waals surface area contributed by atoms with E-state index in [1.165, 1.54) is 14.7 Å². The molecule has 0 aliphatic heterocycles. The first-order valence-electron chi connectivity index (χ1n) is 11.7. The van der Waals surface area contributed by atoms with Gasteiger partial charge in [-0.25, -0.2) is 13.2 Å². The highest BCUT2D eigenvalue weighted by Gasteiger charge is 2.27. The monoisotopic (exact) mass is 536 g/mol. The second-order valence-electron chi connectivity index (χ2n) is 7.87. The molecule has 0 saturated carbocycles. The molecule has 0 radical (unpaired) electrons. The number of esters is 1. The molecule has 0 amide bonds. The summed E-state index contributed by atoms with van der Waals surface area (Å²) in [4.78, 5) is 14.8. The summed E-state index contributed by atoms with van der Waals surface area (Å²) >= 11 is 0. The van der Waals surface area contributed by atoms with Crippen molar-refractivity contribution in [3.05, 3.63) is 115 Å². The highest BCUT2D eigenvalue weighted by molar-refractivity contribution is 7.97. The molecule has 0 unspecified atom stereocenters. The minimum Gasteiger partial charge on any atom is -0.744 e. The van der Waals surface area contributed by atoms with Crippen molar-refractivity contribution in [2.75, 3.05) is 6.61 Å². The van der Waals surface area contributed by atoms with E-state index in [0.29, 0.717) is 6.42 Å². The predicted molar refractivity (Wildman–Crippen MR) is 143 cm³/mol. The van der Waals surface area contributed by atoms with Crippen molar-refractivity contribution in [3.63, 3.8) is 0 Å². The Balaban J connectivity index is 0.000000206. The molecule has 4 rings (SSSR count). The van der Waals surface area contributed by atoms with E-state index in [1.54, 1.807) is 0 Å². The number of aromatic hydroxyl groups is 1. The molecule has 192 valence electrons. The molecule has 0 aliphatic rings. The Morgan fingerprint density at radius 1 is 0.811 bits per heavy atom. The number of carbonyl (C=O) groups is 1. The Hall–Kier alpha value is -3.59. The molecule has 0 spiro atoms. The van der Waals surface area contributed by atoms with Crippen LogP contribution in [0.1, 0.15) is 30.1 Å². The molecule has 0 heterocycles. The lowest BCUT2D eigenvalue weighted by atomic mass is 10.2. The van der Waals surface area contributed by atoms with Crippen molar-refractivity contribution in [2.24, 2.45) is 0 Å². The zero-order chi connectivity index (χ0) is 26.7. The number of unbranched alkanes of at least 4 members (excludes halogenated alkanes) is 1. The fourth-order valence-corrected chi connectivity index (χ4v) is 5.98. The van der Waals surface area contributed by atoms with Gasteiger partial charge in [-0.15, -0.1) is 0 Å². The van der Waals surface area contributed by atoms with E-state index in [4.69, 9.17) is 4.74 Å². The van der Waals surface area contributed by atoms with Crippen LogP contribution in [0.15, 0.2) is 129 Å². The Kier molecular flexibility index (Phi) is 10.3. The average molecular weight is 537 g/mol. The highest BCUT2D eigenvalue weighted by Crippen LogP contribution is 2.30. The number of phenolic OH excluding ortho intramolecular Hbond substituents is 1. The summed E-state index contributed by atoms with van der Waals surface area (Å²) in [6.45, 7) is 2.19. The summed E-state index contributed by atoms with van der Waals surface area (Å²) < 4.78 is 37.0. The van der Waals surface area contributed by atoms with E-state index in [1.807, 2.05) is 6.92 Å². The maximum absolute atomic E-state index is 11.5. The molecule has 0 bridgehead atoms. The number of rotatable bonds is 8. The summed E-state index contributed by atoms with van der Waals surface area (Å²) in [7, 11) is -4.76. The third-order valence-corrected chi connectivity index (χ3v) is 8.25. The number of benzene rings is 4. The average Bonchev–Trinajstić information content (AvgIpc) is 2.90. The minimum atomic E-state index is -4.75. The van der Waals surface area contributed by atoms with E-state index in [2.05, 4.69) is 91.0 Å². The first-order chi connectivity index (χ1) is 17.8. The fourth-order valence-electron chi connectivity index (χ4n) is 3.33. The van der Waals surface area contributed by atoms with Crippen molar-refractivity contribution >= 4 is 27.0 Å². The summed E-state index contributed by atoms with van der Waals surface area (Å²) in [6, 6.07) is 35.1. The smallest absolute Gasteiger partial charge is 0.338 e. The molecule has 0 saturated heterocycles. The van der Waals surface area contributed by atoms with Gasteiger partial charge in [0.1, 0.15) is 15.9 Å². The van der Waals surface area contributed by atoms with Crippen molar-refractivity contribution < 1.29 is 27.6 Å². The van der Waals surface area contributed by atoms with Crippen LogP contribution >= 0.6 is 0 Å². The molecule has 0 aliphatic carbocycles. The topological polar surface area (TPSA) is 104 Å². The van der Waals surface area contributed by atoms with Gasteiger partial charge >= 0.3 is 5.97 Å². The van der Waals surface area contributed by atoms with Crippen LogP contribution in [0.2, 0.25) is 0 Å². The van der Waals surface area contributed by atoms with Gasteiger partial charge in [0.15, 0.2) is 14.7 Å². The number of hydrogen-bond donors (Lipinski definition) is 1. The lowest BCUT2D eigenvalue weighted by molar-refractivity contribution is 0.0499. The maximum Gasteiger partial charge on any atom is 0.338 e. The van der Waals surface area contributed by atoms with E-state index in [9.17, 15) is 22.9 Å².